The molecule has 100 valence electrons. The molecule has 0 unspecified atom stereocenters. The van der Waals surface area contributed by atoms with Gasteiger partial charge in [0.25, 0.3) is 0 Å². The monoisotopic (exact) mass is 263 g/mol. The van der Waals surface area contributed by atoms with Crippen molar-refractivity contribution in [2.75, 3.05) is 0 Å². The normalized spacial score (nSPS) is 12.2. The SMILES string of the molecule is C[C@H](N)c1cccc(OCc2c(F)cccc2F)c1. The molecule has 0 spiro atoms. The van der Waals surface area contributed by atoms with Crippen molar-refractivity contribution in [2.24, 2.45) is 5.73 Å². The standard InChI is InChI=1S/C15H15F2NO/c1-10(18)11-4-2-5-12(8-11)19-9-13-14(16)6-3-7-15(13)17/h2-8,10H,9,18H2,1H3/t10-/m0/s1. The van der Waals surface area contributed by atoms with Gasteiger partial charge in [-0.15, -0.1) is 0 Å². The van der Waals surface area contributed by atoms with E-state index in [9.17, 15) is 8.78 Å². The highest BCUT2D eigenvalue weighted by atomic mass is 19.1. The highest BCUT2D eigenvalue weighted by Crippen LogP contribution is 2.20. The highest BCUT2D eigenvalue weighted by molar-refractivity contribution is 5.30. The fourth-order valence-corrected chi connectivity index (χ4v) is 1.71. The van der Waals surface area contributed by atoms with Gasteiger partial charge in [0.05, 0.1) is 5.56 Å². The zero-order valence-electron chi connectivity index (χ0n) is 10.6. The van der Waals surface area contributed by atoms with Gasteiger partial charge in [-0.25, -0.2) is 8.78 Å². The van der Waals surface area contributed by atoms with Gasteiger partial charge in [0, 0.05) is 6.04 Å². The second kappa shape index (κ2) is 5.80. The summed E-state index contributed by atoms with van der Waals surface area (Å²) >= 11 is 0. The molecule has 0 aliphatic carbocycles. The van der Waals surface area contributed by atoms with Crippen LogP contribution in [-0.2, 0) is 6.61 Å². The minimum atomic E-state index is -0.608. The van der Waals surface area contributed by atoms with Crippen LogP contribution in [0, 0.1) is 11.6 Å². The molecule has 0 aromatic heterocycles. The van der Waals surface area contributed by atoms with Crippen molar-refractivity contribution in [3.63, 3.8) is 0 Å². The summed E-state index contributed by atoms with van der Waals surface area (Å²) in [5, 5.41) is 0. The van der Waals surface area contributed by atoms with E-state index in [1.165, 1.54) is 18.2 Å². The Hall–Kier alpha value is -1.94. The minimum Gasteiger partial charge on any atom is -0.489 e. The highest BCUT2D eigenvalue weighted by Gasteiger charge is 2.09. The summed E-state index contributed by atoms with van der Waals surface area (Å²) in [4.78, 5) is 0. The Bertz CT molecular complexity index is 550. The first-order chi connectivity index (χ1) is 9.08. The number of hydrogen-bond donors (Lipinski definition) is 1. The van der Waals surface area contributed by atoms with Crippen LogP contribution in [0.5, 0.6) is 5.75 Å². The quantitative estimate of drug-likeness (QED) is 0.915. The van der Waals surface area contributed by atoms with E-state index in [0.717, 1.165) is 5.56 Å². The van der Waals surface area contributed by atoms with Crippen molar-refractivity contribution >= 4 is 0 Å². The first kappa shape index (κ1) is 13.5. The summed E-state index contributed by atoms with van der Waals surface area (Å²) in [5.74, 6) is -0.677. The van der Waals surface area contributed by atoms with Crippen LogP contribution in [0.15, 0.2) is 42.5 Å². The zero-order valence-corrected chi connectivity index (χ0v) is 10.6. The van der Waals surface area contributed by atoms with E-state index in [1.54, 1.807) is 18.2 Å². The number of rotatable bonds is 4. The van der Waals surface area contributed by atoms with Crippen LogP contribution in [0.1, 0.15) is 24.1 Å². The second-order valence-electron chi connectivity index (χ2n) is 4.35. The molecule has 2 rings (SSSR count). The molecule has 0 saturated heterocycles. The number of nitrogens with two attached hydrogens (primary N) is 1. The van der Waals surface area contributed by atoms with Gasteiger partial charge in [0.2, 0.25) is 0 Å². The Kier molecular flexibility index (Phi) is 4.12. The molecule has 0 fully saturated rings. The smallest absolute Gasteiger partial charge is 0.132 e. The Balaban J connectivity index is 2.12. The van der Waals surface area contributed by atoms with Crippen LogP contribution in [0.3, 0.4) is 0 Å². The molecule has 19 heavy (non-hydrogen) atoms. The van der Waals surface area contributed by atoms with Gasteiger partial charge in [0.1, 0.15) is 24.0 Å². The number of benzene rings is 2. The molecule has 0 saturated carbocycles. The fourth-order valence-electron chi connectivity index (χ4n) is 1.71. The van der Waals surface area contributed by atoms with Gasteiger partial charge in [-0.1, -0.05) is 18.2 Å². The molecule has 0 aliphatic heterocycles. The van der Waals surface area contributed by atoms with Crippen LogP contribution in [0.25, 0.3) is 0 Å². The van der Waals surface area contributed by atoms with Gasteiger partial charge in [-0.3, -0.25) is 0 Å². The lowest BCUT2D eigenvalue weighted by Crippen LogP contribution is -2.06. The van der Waals surface area contributed by atoms with Gasteiger partial charge >= 0.3 is 0 Å². The van der Waals surface area contributed by atoms with Crippen LogP contribution in [-0.4, -0.2) is 0 Å². The van der Waals surface area contributed by atoms with E-state index >= 15 is 0 Å². The zero-order chi connectivity index (χ0) is 13.8. The van der Waals surface area contributed by atoms with Crippen molar-refractivity contribution in [1.29, 1.82) is 0 Å². The predicted molar refractivity (Wildman–Crippen MR) is 69.7 cm³/mol. The largest absolute Gasteiger partial charge is 0.489 e. The van der Waals surface area contributed by atoms with Crippen molar-refractivity contribution < 1.29 is 13.5 Å². The maximum absolute atomic E-state index is 13.4. The predicted octanol–water partition coefficient (Wildman–Crippen LogP) is 3.56. The Labute approximate surface area is 110 Å². The maximum atomic E-state index is 13.4. The van der Waals surface area contributed by atoms with Gasteiger partial charge in [-0.2, -0.15) is 0 Å². The van der Waals surface area contributed by atoms with Crippen LogP contribution in [0.4, 0.5) is 8.78 Å². The molecular weight excluding hydrogens is 248 g/mol. The summed E-state index contributed by atoms with van der Waals surface area (Å²) in [6, 6.07) is 10.8. The van der Waals surface area contributed by atoms with Crippen LogP contribution in [0.2, 0.25) is 0 Å². The molecule has 0 heterocycles. The average Bonchev–Trinajstić information content (AvgIpc) is 2.38. The molecule has 2 aromatic carbocycles. The molecule has 0 bridgehead atoms. The van der Waals surface area contributed by atoms with Gasteiger partial charge < -0.3 is 10.5 Å². The number of hydrogen-bond acceptors (Lipinski definition) is 2. The molecule has 2 nitrogen and oxygen atoms in total. The fraction of sp³-hybridized carbons (Fsp3) is 0.200. The second-order valence-corrected chi connectivity index (χ2v) is 4.35. The third-order valence-electron chi connectivity index (χ3n) is 2.83. The van der Waals surface area contributed by atoms with E-state index in [0.29, 0.717) is 5.75 Å². The van der Waals surface area contributed by atoms with Crippen LogP contribution >= 0.6 is 0 Å². The Morgan fingerprint density at radius 2 is 1.74 bits per heavy atom. The van der Waals surface area contributed by atoms with Crippen molar-refractivity contribution in [1.82, 2.24) is 0 Å². The van der Waals surface area contributed by atoms with Crippen molar-refractivity contribution in [3.05, 3.63) is 65.2 Å². The lowest BCUT2D eigenvalue weighted by atomic mass is 10.1. The topological polar surface area (TPSA) is 35.2 Å². The first-order valence-electron chi connectivity index (χ1n) is 5.99. The Morgan fingerprint density at radius 1 is 1.11 bits per heavy atom. The molecule has 2 N–H and O–H groups in total. The first-order valence-corrected chi connectivity index (χ1v) is 5.99. The van der Waals surface area contributed by atoms with E-state index in [-0.39, 0.29) is 18.2 Å². The van der Waals surface area contributed by atoms with Gasteiger partial charge in [0.15, 0.2) is 0 Å². The molecule has 0 amide bonds. The summed E-state index contributed by atoms with van der Waals surface area (Å²) in [6.07, 6.45) is 0. The third-order valence-corrected chi connectivity index (χ3v) is 2.83. The third kappa shape index (κ3) is 3.29. The Morgan fingerprint density at radius 3 is 2.37 bits per heavy atom. The summed E-state index contributed by atoms with van der Waals surface area (Å²) < 4.78 is 32.3. The number of halogens is 2. The van der Waals surface area contributed by atoms with Crippen molar-refractivity contribution in [2.45, 2.75) is 19.6 Å². The lowest BCUT2D eigenvalue weighted by Gasteiger charge is -2.11. The van der Waals surface area contributed by atoms with E-state index in [1.807, 2.05) is 13.0 Å². The molecule has 2 aromatic rings. The van der Waals surface area contributed by atoms with E-state index in [4.69, 9.17) is 10.5 Å². The average molecular weight is 263 g/mol. The van der Waals surface area contributed by atoms with Crippen molar-refractivity contribution in [3.8, 4) is 5.75 Å². The van der Waals surface area contributed by atoms with Gasteiger partial charge in [-0.05, 0) is 36.8 Å². The van der Waals surface area contributed by atoms with Crippen LogP contribution < -0.4 is 10.5 Å². The molecule has 0 radical (unpaired) electrons. The lowest BCUT2D eigenvalue weighted by molar-refractivity contribution is 0.292. The summed E-state index contributed by atoms with van der Waals surface area (Å²) in [7, 11) is 0. The minimum absolute atomic E-state index is 0.0753. The molecule has 1 atom stereocenters. The number of ether oxygens (including phenoxy) is 1. The van der Waals surface area contributed by atoms with E-state index in [2.05, 4.69) is 0 Å². The molecular formula is C15H15F2NO. The molecule has 4 heteroatoms. The summed E-state index contributed by atoms with van der Waals surface area (Å²) in [5.41, 5.74) is 6.60. The maximum Gasteiger partial charge on any atom is 0.132 e. The van der Waals surface area contributed by atoms with E-state index < -0.39 is 11.6 Å². The summed E-state index contributed by atoms with van der Waals surface area (Å²) in [6.45, 7) is 1.70. The molecule has 0 aliphatic rings.